The minimum absolute atomic E-state index is 0.125. The largest absolute Gasteiger partial charge is 0.496 e. The fourth-order valence-corrected chi connectivity index (χ4v) is 2.67. The minimum Gasteiger partial charge on any atom is -0.496 e. The van der Waals surface area contributed by atoms with E-state index in [-0.39, 0.29) is 5.91 Å². The van der Waals surface area contributed by atoms with Gasteiger partial charge >= 0.3 is 0 Å². The van der Waals surface area contributed by atoms with Gasteiger partial charge in [-0.2, -0.15) is 0 Å². The highest BCUT2D eigenvalue weighted by Gasteiger charge is 2.02. The normalized spacial score (nSPS) is 10.7. The van der Waals surface area contributed by atoms with Crippen LogP contribution in [0.5, 0.6) is 5.75 Å². The molecule has 20 heavy (non-hydrogen) atoms. The van der Waals surface area contributed by atoms with Crippen LogP contribution in [-0.4, -0.2) is 13.0 Å². The molecule has 0 aliphatic rings. The summed E-state index contributed by atoms with van der Waals surface area (Å²) in [6, 6.07) is 9.61. The van der Waals surface area contributed by atoms with Gasteiger partial charge in [0.2, 0.25) is 5.91 Å². The van der Waals surface area contributed by atoms with E-state index in [4.69, 9.17) is 4.74 Å². The van der Waals surface area contributed by atoms with Crippen molar-refractivity contribution in [1.82, 2.24) is 5.32 Å². The Hall–Kier alpha value is -1.59. The van der Waals surface area contributed by atoms with Crippen LogP contribution in [0.2, 0.25) is 0 Å². The summed E-state index contributed by atoms with van der Waals surface area (Å²) in [5.74, 6) is 0.607. The third-order valence-electron chi connectivity index (χ3n) is 2.62. The smallest absolute Gasteiger partial charge is 0.244 e. The molecule has 0 saturated carbocycles. The molecule has 5 heteroatoms. The van der Waals surface area contributed by atoms with E-state index in [0.29, 0.717) is 6.54 Å². The number of thiophene rings is 1. The highest BCUT2D eigenvalue weighted by Crippen LogP contribution is 2.24. The lowest BCUT2D eigenvalue weighted by molar-refractivity contribution is -0.116. The minimum atomic E-state index is -0.125. The molecule has 0 fully saturated rings. The third kappa shape index (κ3) is 4.21. The van der Waals surface area contributed by atoms with E-state index in [0.717, 1.165) is 20.7 Å². The summed E-state index contributed by atoms with van der Waals surface area (Å²) in [6.45, 7) is 0.552. The van der Waals surface area contributed by atoms with Gasteiger partial charge in [0.1, 0.15) is 5.75 Å². The molecule has 0 atom stereocenters. The van der Waals surface area contributed by atoms with Gasteiger partial charge in [-0.15, -0.1) is 11.3 Å². The van der Waals surface area contributed by atoms with Crippen molar-refractivity contribution in [3.63, 3.8) is 0 Å². The Morgan fingerprint density at radius 1 is 1.45 bits per heavy atom. The molecule has 0 aliphatic carbocycles. The van der Waals surface area contributed by atoms with Crippen molar-refractivity contribution in [3.05, 3.63) is 56.7 Å². The van der Waals surface area contributed by atoms with Crippen molar-refractivity contribution < 1.29 is 9.53 Å². The Morgan fingerprint density at radius 3 is 3.00 bits per heavy atom. The third-order valence-corrected chi connectivity index (χ3v) is 3.99. The van der Waals surface area contributed by atoms with E-state index in [1.807, 2.05) is 35.7 Å². The number of benzene rings is 1. The zero-order chi connectivity index (χ0) is 14.4. The number of rotatable bonds is 5. The van der Waals surface area contributed by atoms with Gasteiger partial charge < -0.3 is 10.1 Å². The maximum Gasteiger partial charge on any atom is 0.244 e. The summed E-state index contributed by atoms with van der Waals surface area (Å²) < 4.78 is 6.19. The Bertz CT molecular complexity index is 608. The first-order chi connectivity index (χ1) is 9.69. The number of carbonyl (C=O) groups is 1. The zero-order valence-corrected chi connectivity index (χ0v) is 13.3. The van der Waals surface area contributed by atoms with Gasteiger partial charge in [-0.3, -0.25) is 4.79 Å². The number of hydrogen-bond donors (Lipinski definition) is 1. The number of carbonyl (C=O) groups excluding carboxylic acids is 1. The van der Waals surface area contributed by atoms with Crippen LogP contribution in [-0.2, 0) is 11.3 Å². The second kappa shape index (κ2) is 7.26. The summed E-state index contributed by atoms with van der Waals surface area (Å²) in [6.07, 6.45) is 3.26. The molecule has 2 aromatic rings. The van der Waals surface area contributed by atoms with Gasteiger partial charge in [-0.1, -0.05) is 22.0 Å². The predicted octanol–water partition coefficient (Wildman–Crippen LogP) is 3.85. The van der Waals surface area contributed by atoms with Crippen molar-refractivity contribution in [2.24, 2.45) is 0 Å². The van der Waals surface area contributed by atoms with E-state index >= 15 is 0 Å². The van der Waals surface area contributed by atoms with E-state index in [1.165, 1.54) is 6.08 Å². The number of methoxy groups -OCH3 is 1. The quantitative estimate of drug-likeness (QED) is 0.830. The van der Waals surface area contributed by atoms with E-state index < -0.39 is 0 Å². The van der Waals surface area contributed by atoms with Crippen molar-refractivity contribution in [1.29, 1.82) is 0 Å². The number of nitrogens with one attached hydrogen (secondary N) is 1. The number of hydrogen-bond acceptors (Lipinski definition) is 3. The summed E-state index contributed by atoms with van der Waals surface area (Å²) in [5.41, 5.74) is 0.855. The first kappa shape index (κ1) is 14.8. The second-order valence-corrected chi connectivity index (χ2v) is 5.96. The first-order valence-electron chi connectivity index (χ1n) is 6.01. The SMILES string of the molecule is COc1ccc(Br)cc1/C=C/C(=O)NCc1cccs1. The second-order valence-electron chi connectivity index (χ2n) is 4.02. The molecular formula is C15H14BrNO2S. The van der Waals surface area contributed by atoms with Gasteiger partial charge in [0.25, 0.3) is 0 Å². The molecule has 0 bridgehead atoms. The summed E-state index contributed by atoms with van der Waals surface area (Å²) in [5, 5.41) is 4.83. The van der Waals surface area contributed by atoms with Crippen LogP contribution in [0.15, 0.2) is 46.3 Å². The van der Waals surface area contributed by atoms with Crippen molar-refractivity contribution in [2.75, 3.05) is 7.11 Å². The lowest BCUT2D eigenvalue weighted by atomic mass is 10.2. The maximum atomic E-state index is 11.8. The zero-order valence-electron chi connectivity index (χ0n) is 10.9. The fourth-order valence-electron chi connectivity index (χ4n) is 1.65. The summed E-state index contributed by atoms with van der Waals surface area (Å²) in [4.78, 5) is 12.9. The monoisotopic (exact) mass is 351 g/mol. The van der Waals surface area contributed by atoms with Crippen LogP contribution in [0.25, 0.3) is 6.08 Å². The van der Waals surface area contributed by atoms with Gasteiger partial charge in [-0.05, 0) is 35.7 Å². The van der Waals surface area contributed by atoms with E-state index in [9.17, 15) is 4.79 Å². The van der Waals surface area contributed by atoms with Gasteiger partial charge in [-0.25, -0.2) is 0 Å². The molecule has 1 heterocycles. The molecule has 3 nitrogen and oxygen atoms in total. The molecule has 2 rings (SSSR count). The van der Waals surface area contributed by atoms with Gasteiger partial charge in [0.05, 0.1) is 13.7 Å². The molecule has 0 saturated heterocycles. The molecule has 0 aliphatic heterocycles. The van der Waals surface area contributed by atoms with Crippen LogP contribution in [0.1, 0.15) is 10.4 Å². The van der Waals surface area contributed by atoms with Gasteiger partial charge in [0.15, 0.2) is 0 Å². The fraction of sp³-hybridized carbons (Fsp3) is 0.133. The molecule has 0 spiro atoms. The Morgan fingerprint density at radius 2 is 2.30 bits per heavy atom. The lowest BCUT2D eigenvalue weighted by Gasteiger charge is -2.05. The molecule has 104 valence electrons. The Labute approximate surface area is 130 Å². The molecule has 0 radical (unpaired) electrons. The van der Waals surface area contributed by atoms with Crippen molar-refractivity contribution in [2.45, 2.75) is 6.54 Å². The van der Waals surface area contributed by atoms with Crippen LogP contribution < -0.4 is 10.1 Å². The molecule has 1 aromatic carbocycles. The van der Waals surface area contributed by atoms with Gasteiger partial charge in [0, 0.05) is 21.0 Å². The Kier molecular flexibility index (Phi) is 5.38. The highest BCUT2D eigenvalue weighted by molar-refractivity contribution is 9.10. The van der Waals surface area contributed by atoms with Crippen LogP contribution >= 0.6 is 27.3 Å². The van der Waals surface area contributed by atoms with Crippen molar-refractivity contribution >= 4 is 39.2 Å². The van der Waals surface area contributed by atoms with E-state index in [2.05, 4.69) is 21.2 Å². The average Bonchev–Trinajstić information content (AvgIpc) is 2.96. The van der Waals surface area contributed by atoms with E-state index in [1.54, 1.807) is 24.5 Å². The topological polar surface area (TPSA) is 38.3 Å². The molecule has 0 unspecified atom stereocenters. The standard InChI is InChI=1S/C15H14BrNO2S/c1-19-14-6-5-12(16)9-11(14)4-7-15(18)17-10-13-3-2-8-20-13/h2-9H,10H2,1H3,(H,17,18)/b7-4+. The molecule has 1 amide bonds. The number of halogens is 1. The van der Waals surface area contributed by atoms with Crippen LogP contribution in [0.3, 0.4) is 0 Å². The Balaban J connectivity index is 1.98. The predicted molar refractivity (Wildman–Crippen MR) is 85.9 cm³/mol. The maximum absolute atomic E-state index is 11.8. The average molecular weight is 352 g/mol. The first-order valence-corrected chi connectivity index (χ1v) is 7.68. The summed E-state index contributed by atoms with van der Waals surface area (Å²) in [7, 11) is 1.61. The molecule has 1 aromatic heterocycles. The van der Waals surface area contributed by atoms with Crippen LogP contribution in [0, 0.1) is 0 Å². The molecular weight excluding hydrogens is 338 g/mol. The van der Waals surface area contributed by atoms with Crippen molar-refractivity contribution in [3.8, 4) is 5.75 Å². The molecule has 1 N–H and O–H groups in total. The summed E-state index contributed by atoms with van der Waals surface area (Å²) >= 11 is 5.02. The lowest BCUT2D eigenvalue weighted by Crippen LogP contribution is -2.19. The number of ether oxygens (including phenoxy) is 1. The number of amides is 1. The van der Waals surface area contributed by atoms with Crippen LogP contribution in [0.4, 0.5) is 0 Å². The highest BCUT2D eigenvalue weighted by atomic mass is 79.9.